The maximum atomic E-state index is 13.0. The zero-order valence-corrected chi connectivity index (χ0v) is 21.0. The van der Waals surface area contributed by atoms with Gasteiger partial charge in [-0.1, -0.05) is 18.2 Å². The third-order valence-electron chi connectivity index (χ3n) is 6.01. The number of amides is 2. The molecule has 3 rings (SSSR count). The Morgan fingerprint density at radius 2 is 1.91 bits per heavy atom. The monoisotopic (exact) mass is 454 g/mol. The summed E-state index contributed by atoms with van der Waals surface area (Å²) in [5.41, 5.74) is 4.22. The van der Waals surface area contributed by atoms with Crippen LogP contribution in [0.15, 0.2) is 36.0 Å². The molecule has 1 aromatic carbocycles. The van der Waals surface area contributed by atoms with E-state index in [9.17, 15) is 9.59 Å². The second-order valence-electron chi connectivity index (χ2n) is 10.2. The minimum absolute atomic E-state index is 0.0523. The fraction of sp³-hybridized carbons (Fsp3) is 0.538. The van der Waals surface area contributed by atoms with Gasteiger partial charge in [0.1, 0.15) is 0 Å². The smallest absolute Gasteiger partial charge is 0.414 e. The van der Waals surface area contributed by atoms with E-state index >= 15 is 0 Å². The van der Waals surface area contributed by atoms with Gasteiger partial charge in [-0.05, 0) is 78.5 Å². The van der Waals surface area contributed by atoms with Crippen molar-refractivity contribution in [2.75, 3.05) is 16.3 Å². The molecule has 2 amide bonds. The van der Waals surface area contributed by atoms with Crippen LogP contribution >= 0.6 is 0 Å². The van der Waals surface area contributed by atoms with Crippen LogP contribution in [0.1, 0.15) is 73.3 Å². The van der Waals surface area contributed by atoms with E-state index in [1.54, 1.807) is 16.7 Å². The topological polar surface area (TPSA) is 79.1 Å². The first-order valence-electron chi connectivity index (χ1n) is 11.8. The Balaban J connectivity index is 2.18. The molecule has 2 N–H and O–H groups in total. The van der Waals surface area contributed by atoms with Gasteiger partial charge < -0.3 is 14.6 Å². The number of fused-ring (bicyclic) bond motifs is 1. The fourth-order valence-corrected chi connectivity index (χ4v) is 4.45. The standard InChI is InChI=1S/C26H38N4O3/c1-17(2)33-25(32)28-16-18(3)29(19(4)31)23-14-13-20(15-24(23)28)21-11-9-8-10-12-22(21)30(27)26(5,6)7/h9,11,13-15,17-18H,8,10,12,16,27H2,1-7H3/t18-/m0/s1. The van der Waals surface area contributed by atoms with E-state index in [0.29, 0.717) is 17.9 Å². The molecule has 7 nitrogen and oxygen atoms in total. The minimum atomic E-state index is -0.404. The van der Waals surface area contributed by atoms with Gasteiger partial charge in [0.05, 0.1) is 23.5 Å². The molecule has 0 spiro atoms. The van der Waals surface area contributed by atoms with Crippen molar-refractivity contribution in [1.29, 1.82) is 0 Å². The molecule has 2 aliphatic rings. The Hall–Kier alpha value is -2.80. The van der Waals surface area contributed by atoms with E-state index in [2.05, 4.69) is 32.9 Å². The molecular formula is C26H38N4O3. The molecule has 1 atom stereocenters. The molecule has 33 heavy (non-hydrogen) atoms. The number of carbonyl (C=O) groups is 2. The SMILES string of the molecule is CC(=O)N1c2ccc(C3=C(N(N)C(C)(C)C)CCCC=C3)cc2N(C(=O)OC(C)C)C[C@@H]1C. The van der Waals surface area contributed by atoms with Crippen LogP contribution in [-0.4, -0.2) is 41.2 Å². The van der Waals surface area contributed by atoms with Crippen LogP contribution < -0.4 is 15.6 Å². The van der Waals surface area contributed by atoms with Crippen molar-refractivity contribution in [2.45, 2.75) is 85.4 Å². The van der Waals surface area contributed by atoms with E-state index < -0.39 is 6.09 Å². The molecule has 0 radical (unpaired) electrons. The van der Waals surface area contributed by atoms with Gasteiger partial charge in [0, 0.05) is 30.3 Å². The number of hydrogen-bond acceptors (Lipinski definition) is 5. The maximum Gasteiger partial charge on any atom is 0.414 e. The molecule has 0 aromatic heterocycles. The van der Waals surface area contributed by atoms with Crippen LogP contribution in [0, 0.1) is 0 Å². The first-order valence-corrected chi connectivity index (χ1v) is 11.8. The lowest BCUT2D eigenvalue weighted by Gasteiger charge is -2.41. The second kappa shape index (κ2) is 9.59. The van der Waals surface area contributed by atoms with Crippen molar-refractivity contribution in [1.82, 2.24) is 5.01 Å². The highest BCUT2D eigenvalue weighted by Gasteiger charge is 2.35. The van der Waals surface area contributed by atoms with Crippen LogP contribution in [0.4, 0.5) is 16.2 Å². The van der Waals surface area contributed by atoms with E-state index in [0.717, 1.165) is 36.1 Å². The summed E-state index contributed by atoms with van der Waals surface area (Å²) in [5.74, 6) is 6.52. The number of nitrogens with two attached hydrogens (primary N) is 1. The average Bonchev–Trinajstić information content (AvgIpc) is 2.96. The van der Waals surface area contributed by atoms with Gasteiger partial charge in [-0.15, -0.1) is 0 Å². The molecular weight excluding hydrogens is 416 g/mol. The number of carbonyl (C=O) groups excluding carboxylic acids is 2. The highest BCUT2D eigenvalue weighted by molar-refractivity contribution is 6.03. The van der Waals surface area contributed by atoms with Gasteiger partial charge in [0.25, 0.3) is 0 Å². The lowest BCUT2D eigenvalue weighted by molar-refractivity contribution is -0.117. The third kappa shape index (κ3) is 5.24. The van der Waals surface area contributed by atoms with Crippen LogP contribution in [0.3, 0.4) is 0 Å². The predicted octanol–water partition coefficient (Wildman–Crippen LogP) is 5.22. The number of nitrogens with zero attached hydrogens (tertiary/aromatic N) is 3. The number of allylic oxidation sites excluding steroid dienone is 4. The molecule has 7 heteroatoms. The highest BCUT2D eigenvalue weighted by atomic mass is 16.6. The largest absolute Gasteiger partial charge is 0.446 e. The number of benzene rings is 1. The number of rotatable bonds is 3. The summed E-state index contributed by atoms with van der Waals surface area (Å²) < 4.78 is 5.53. The minimum Gasteiger partial charge on any atom is -0.446 e. The van der Waals surface area contributed by atoms with Crippen molar-refractivity contribution in [3.63, 3.8) is 0 Å². The quantitative estimate of drug-likeness (QED) is 0.500. The summed E-state index contributed by atoms with van der Waals surface area (Å²) in [7, 11) is 0. The summed E-state index contributed by atoms with van der Waals surface area (Å²) in [5, 5.41) is 1.85. The first kappa shape index (κ1) is 24.8. The summed E-state index contributed by atoms with van der Waals surface area (Å²) >= 11 is 0. The summed E-state index contributed by atoms with van der Waals surface area (Å²) in [4.78, 5) is 28.8. The van der Waals surface area contributed by atoms with Crippen molar-refractivity contribution in [3.05, 3.63) is 41.6 Å². The van der Waals surface area contributed by atoms with Crippen LogP contribution in [0.25, 0.3) is 5.57 Å². The van der Waals surface area contributed by atoms with E-state index in [1.807, 2.05) is 44.0 Å². The average molecular weight is 455 g/mol. The highest BCUT2D eigenvalue weighted by Crippen LogP contribution is 2.40. The van der Waals surface area contributed by atoms with Gasteiger partial charge in [-0.3, -0.25) is 9.69 Å². The molecule has 180 valence electrons. The Morgan fingerprint density at radius 1 is 1.21 bits per heavy atom. The molecule has 0 fully saturated rings. The predicted molar refractivity (Wildman–Crippen MR) is 134 cm³/mol. The molecule has 1 aliphatic carbocycles. The summed E-state index contributed by atoms with van der Waals surface area (Å²) in [6, 6.07) is 5.77. The second-order valence-corrected chi connectivity index (χ2v) is 10.2. The normalized spacial score (nSPS) is 18.9. The first-order chi connectivity index (χ1) is 15.4. The molecule has 1 aliphatic heterocycles. The number of anilines is 2. The Labute approximate surface area is 197 Å². The zero-order valence-electron chi connectivity index (χ0n) is 21.0. The van der Waals surface area contributed by atoms with Gasteiger partial charge in [-0.2, -0.15) is 0 Å². The summed E-state index contributed by atoms with van der Waals surface area (Å²) in [6.45, 7) is 13.8. The van der Waals surface area contributed by atoms with Gasteiger partial charge in [0.2, 0.25) is 5.91 Å². The Kier molecular flexibility index (Phi) is 7.22. The molecule has 1 heterocycles. The molecule has 1 aromatic rings. The van der Waals surface area contributed by atoms with E-state index in [-0.39, 0.29) is 23.6 Å². The summed E-state index contributed by atoms with van der Waals surface area (Å²) in [6.07, 6.45) is 6.53. The van der Waals surface area contributed by atoms with Crippen molar-refractivity contribution in [3.8, 4) is 0 Å². The molecule has 0 saturated carbocycles. The van der Waals surface area contributed by atoms with Gasteiger partial charge >= 0.3 is 6.09 Å². The van der Waals surface area contributed by atoms with Crippen molar-refractivity contribution < 1.29 is 14.3 Å². The maximum absolute atomic E-state index is 13.0. The lowest BCUT2D eigenvalue weighted by Crippen LogP contribution is -2.51. The van der Waals surface area contributed by atoms with Crippen LogP contribution in [-0.2, 0) is 9.53 Å². The Morgan fingerprint density at radius 3 is 2.52 bits per heavy atom. The van der Waals surface area contributed by atoms with Gasteiger partial charge in [0.15, 0.2) is 0 Å². The Bertz CT molecular complexity index is 974. The fourth-order valence-electron chi connectivity index (χ4n) is 4.45. The van der Waals surface area contributed by atoms with Crippen LogP contribution in [0.2, 0.25) is 0 Å². The zero-order chi connectivity index (χ0) is 24.5. The van der Waals surface area contributed by atoms with Gasteiger partial charge in [-0.25, -0.2) is 10.6 Å². The van der Waals surface area contributed by atoms with Crippen LogP contribution in [0.5, 0.6) is 0 Å². The third-order valence-corrected chi connectivity index (χ3v) is 6.01. The number of ether oxygens (including phenoxy) is 1. The number of hydrazine groups is 1. The molecule has 0 saturated heterocycles. The van der Waals surface area contributed by atoms with E-state index in [4.69, 9.17) is 10.6 Å². The molecule has 0 bridgehead atoms. The number of hydrogen-bond donors (Lipinski definition) is 1. The lowest BCUT2D eigenvalue weighted by atomic mass is 9.96. The van der Waals surface area contributed by atoms with E-state index in [1.165, 1.54) is 0 Å². The van der Waals surface area contributed by atoms with Crippen molar-refractivity contribution in [2.24, 2.45) is 5.84 Å². The van der Waals surface area contributed by atoms with Crippen molar-refractivity contribution >= 4 is 28.9 Å². The molecule has 0 unspecified atom stereocenters.